The van der Waals surface area contributed by atoms with Crippen LogP contribution in [0.4, 0.5) is 4.79 Å². The van der Waals surface area contributed by atoms with Crippen LogP contribution in [0, 0.1) is 5.92 Å². The van der Waals surface area contributed by atoms with Crippen molar-refractivity contribution in [2.45, 2.75) is 53.2 Å². The third-order valence-corrected chi connectivity index (χ3v) is 2.86. The smallest absolute Gasteiger partial charge is 0.415 e. The van der Waals surface area contributed by atoms with Gasteiger partial charge in [0.2, 0.25) is 5.91 Å². The lowest BCUT2D eigenvalue weighted by Crippen LogP contribution is -2.55. The van der Waals surface area contributed by atoms with Gasteiger partial charge in [-0.15, -0.1) is 0 Å². The van der Waals surface area contributed by atoms with Gasteiger partial charge in [0.15, 0.2) is 0 Å². The summed E-state index contributed by atoms with van der Waals surface area (Å²) in [5, 5.41) is 0. The minimum Gasteiger partial charge on any atom is -0.443 e. The lowest BCUT2D eigenvalue weighted by molar-refractivity contribution is -0.135. The summed E-state index contributed by atoms with van der Waals surface area (Å²) in [5.74, 6) is -0.0717. The molecular weight excluding hydrogens is 244 g/mol. The zero-order valence-electron chi connectivity index (χ0n) is 12.9. The zero-order chi connectivity index (χ0) is 15.0. The second-order valence-corrected chi connectivity index (χ2v) is 6.26. The Balaban J connectivity index is 3.10. The number of amides is 2. The number of hydrogen-bond acceptors (Lipinski definition) is 3. The SMILES string of the molecule is CC1=CN(C)C(=O)[C@H](C(C)C)N1C(=O)OC(C)(C)C. The van der Waals surface area contributed by atoms with E-state index in [4.69, 9.17) is 4.74 Å². The molecule has 5 heteroatoms. The summed E-state index contributed by atoms with van der Waals surface area (Å²) in [6, 6.07) is -0.509. The highest BCUT2D eigenvalue weighted by atomic mass is 16.6. The van der Waals surface area contributed by atoms with Gasteiger partial charge in [-0.1, -0.05) is 13.8 Å². The molecule has 1 aliphatic heterocycles. The third-order valence-electron chi connectivity index (χ3n) is 2.86. The van der Waals surface area contributed by atoms with Gasteiger partial charge in [-0.2, -0.15) is 0 Å². The first-order chi connectivity index (χ1) is 8.54. The van der Waals surface area contributed by atoms with E-state index in [1.54, 1.807) is 13.2 Å². The summed E-state index contributed by atoms with van der Waals surface area (Å²) in [6.07, 6.45) is 1.19. The standard InChI is InChI=1S/C14H24N2O3/c1-9(2)11-12(17)15(7)8-10(3)16(11)13(18)19-14(4,5)6/h8-9,11H,1-7H3/t11-/m0/s1. The van der Waals surface area contributed by atoms with E-state index in [0.29, 0.717) is 0 Å². The van der Waals surface area contributed by atoms with Gasteiger partial charge in [-0.05, 0) is 33.6 Å². The molecule has 19 heavy (non-hydrogen) atoms. The normalized spacial score (nSPS) is 20.7. The van der Waals surface area contributed by atoms with Crippen LogP contribution in [0.1, 0.15) is 41.5 Å². The molecule has 2 amide bonds. The monoisotopic (exact) mass is 268 g/mol. The molecule has 1 heterocycles. The molecule has 0 fully saturated rings. The molecule has 0 unspecified atom stereocenters. The molecule has 0 saturated carbocycles. The molecule has 0 radical (unpaired) electrons. The molecule has 1 aliphatic rings. The highest BCUT2D eigenvalue weighted by Crippen LogP contribution is 2.25. The summed E-state index contributed by atoms with van der Waals surface area (Å²) in [6.45, 7) is 11.1. The summed E-state index contributed by atoms with van der Waals surface area (Å²) in [5.41, 5.74) is 0.140. The van der Waals surface area contributed by atoms with Gasteiger partial charge in [-0.25, -0.2) is 4.79 Å². The number of likely N-dealkylation sites (N-methyl/N-ethyl adjacent to an activating group) is 1. The van der Waals surface area contributed by atoms with Gasteiger partial charge >= 0.3 is 6.09 Å². The van der Waals surface area contributed by atoms with Crippen LogP contribution in [-0.4, -0.2) is 40.5 Å². The Morgan fingerprint density at radius 1 is 1.37 bits per heavy atom. The number of rotatable bonds is 1. The highest BCUT2D eigenvalue weighted by Gasteiger charge is 2.40. The maximum atomic E-state index is 12.3. The van der Waals surface area contributed by atoms with Crippen LogP contribution in [-0.2, 0) is 9.53 Å². The zero-order valence-corrected chi connectivity index (χ0v) is 12.9. The molecule has 0 N–H and O–H groups in total. The topological polar surface area (TPSA) is 49.9 Å². The van der Waals surface area contributed by atoms with Gasteiger partial charge in [-0.3, -0.25) is 9.69 Å². The molecule has 0 bridgehead atoms. The van der Waals surface area contributed by atoms with E-state index in [9.17, 15) is 9.59 Å². The Bertz CT molecular complexity index is 407. The van der Waals surface area contributed by atoms with Crippen molar-refractivity contribution in [3.05, 3.63) is 11.9 Å². The van der Waals surface area contributed by atoms with E-state index in [0.717, 1.165) is 5.70 Å². The lowest BCUT2D eigenvalue weighted by Gasteiger charge is -2.40. The Morgan fingerprint density at radius 2 is 1.89 bits per heavy atom. The number of allylic oxidation sites excluding steroid dienone is 1. The minimum absolute atomic E-state index is 0.0196. The fourth-order valence-corrected chi connectivity index (χ4v) is 2.10. The molecule has 0 aromatic heterocycles. The van der Waals surface area contributed by atoms with Crippen LogP contribution in [0.3, 0.4) is 0 Å². The maximum Gasteiger partial charge on any atom is 0.415 e. The van der Waals surface area contributed by atoms with Crippen LogP contribution >= 0.6 is 0 Å². The lowest BCUT2D eigenvalue weighted by atomic mass is 9.99. The molecule has 0 aromatic rings. The first kappa shape index (κ1) is 15.5. The van der Waals surface area contributed by atoms with Crippen molar-refractivity contribution < 1.29 is 14.3 Å². The van der Waals surface area contributed by atoms with E-state index < -0.39 is 17.7 Å². The Kier molecular flexibility index (Phi) is 4.28. The number of carbonyl (C=O) groups excluding carboxylic acids is 2. The highest BCUT2D eigenvalue weighted by molar-refractivity contribution is 5.89. The summed E-state index contributed by atoms with van der Waals surface area (Å²) < 4.78 is 5.39. The Labute approximate surface area is 115 Å². The number of nitrogens with zero attached hydrogens (tertiary/aromatic N) is 2. The molecule has 0 spiro atoms. The van der Waals surface area contributed by atoms with Crippen molar-refractivity contribution in [1.82, 2.24) is 9.80 Å². The van der Waals surface area contributed by atoms with E-state index in [-0.39, 0.29) is 11.8 Å². The van der Waals surface area contributed by atoms with Gasteiger partial charge in [0.1, 0.15) is 11.6 Å². The number of ether oxygens (including phenoxy) is 1. The average Bonchev–Trinajstić information content (AvgIpc) is 2.19. The van der Waals surface area contributed by atoms with Gasteiger partial charge in [0, 0.05) is 18.9 Å². The van der Waals surface area contributed by atoms with Crippen molar-refractivity contribution >= 4 is 12.0 Å². The first-order valence-electron chi connectivity index (χ1n) is 6.52. The average molecular weight is 268 g/mol. The maximum absolute atomic E-state index is 12.3. The van der Waals surface area contributed by atoms with Gasteiger partial charge < -0.3 is 9.64 Å². The largest absolute Gasteiger partial charge is 0.443 e. The molecule has 5 nitrogen and oxygen atoms in total. The van der Waals surface area contributed by atoms with E-state index in [2.05, 4.69) is 0 Å². The van der Waals surface area contributed by atoms with Crippen molar-refractivity contribution in [1.29, 1.82) is 0 Å². The first-order valence-corrected chi connectivity index (χ1v) is 6.52. The van der Waals surface area contributed by atoms with Gasteiger partial charge in [0.05, 0.1) is 0 Å². The fourth-order valence-electron chi connectivity index (χ4n) is 2.10. The molecule has 1 rings (SSSR count). The predicted molar refractivity (Wildman–Crippen MR) is 73.2 cm³/mol. The van der Waals surface area contributed by atoms with E-state index >= 15 is 0 Å². The summed E-state index contributed by atoms with van der Waals surface area (Å²) in [7, 11) is 1.70. The quantitative estimate of drug-likeness (QED) is 0.734. The Hall–Kier alpha value is -1.52. The van der Waals surface area contributed by atoms with E-state index in [1.165, 1.54) is 9.80 Å². The summed E-state index contributed by atoms with van der Waals surface area (Å²) in [4.78, 5) is 27.5. The van der Waals surface area contributed by atoms with Crippen LogP contribution in [0.25, 0.3) is 0 Å². The second-order valence-electron chi connectivity index (χ2n) is 6.26. The predicted octanol–water partition coefficient (Wildman–Crippen LogP) is 2.58. The van der Waals surface area contributed by atoms with Crippen LogP contribution in [0.15, 0.2) is 11.9 Å². The van der Waals surface area contributed by atoms with Crippen LogP contribution in [0.2, 0.25) is 0 Å². The molecular formula is C14H24N2O3. The van der Waals surface area contributed by atoms with Crippen LogP contribution in [0.5, 0.6) is 0 Å². The second kappa shape index (κ2) is 5.23. The Morgan fingerprint density at radius 3 is 2.32 bits per heavy atom. The van der Waals surface area contributed by atoms with E-state index in [1.807, 2.05) is 41.5 Å². The fraction of sp³-hybridized carbons (Fsp3) is 0.714. The molecule has 1 atom stereocenters. The molecule has 0 aliphatic carbocycles. The van der Waals surface area contributed by atoms with Crippen molar-refractivity contribution in [3.8, 4) is 0 Å². The minimum atomic E-state index is -0.578. The van der Waals surface area contributed by atoms with Crippen LogP contribution < -0.4 is 0 Å². The van der Waals surface area contributed by atoms with Crippen molar-refractivity contribution in [3.63, 3.8) is 0 Å². The number of carbonyl (C=O) groups is 2. The number of hydrogen-bond donors (Lipinski definition) is 0. The molecule has 0 saturated heterocycles. The van der Waals surface area contributed by atoms with Crippen molar-refractivity contribution in [2.75, 3.05) is 7.05 Å². The van der Waals surface area contributed by atoms with Crippen molar-refractivity contribution in [2.24, 2.45) is 5.92 Å². The van der Waals surface area contributed by atoms with Gasteiger partial charge in [0.25, 0.3) is 0 Å². The molecule has 0 aromatic carbocycles. The molecule has 108 valence electrons. The third kappa shape index (κ3) is 3.49. The summed E-state index contributed by atoms with van der Waals surface area (Å²) >= 11 is 0.